The third kappa shape index (κ3) is 2.99. The van der Waals surface area contributed by atoms with Crippen molar-refractivity contribution in [3.8, 4) is 5.75 Å². The molecule has 144 valence electrons. The number of carbonyl (C=O) groups is 1. The Labute approximate surface area is 146 Å². The average Bonchev–Trinajstić information content (AvgIpc) is 2.83. The first-order valence-corrected chi connectivity index (χ1v) is 7.68. The highest BCUT2D eigenvalue weighted by atomic mass is 19.4. The van der Waals surface area contributed by atoms with E-state index in [1.807, 2.05) is 0 Å². The van der Waals surface area contributed by atoms with Gasteiger partial charge in [0, 0.05) is 17.1 Å². The van der Waals surface area contributed by atoms with Crippen LogP contribution in [0.3, 0.4) is 0 Å². The van der Waals surface area contributed by atoms with Gasteiger partial charge in [-0.15, -0.1) is 0 Å². The molecule has 0 saturated heterocycles. The lowest BCUT2D eigenvalue weighted by molar-refractivity contribution is -0.262. The summed E-state index contributed by atoms with van der Waals surface area (Å²) in [5.74, 6) is -6.50. The van der Waals surface area contributed by atoms with Crippen molar-refractivity contribution in [2.45, 2.75) is 32.5 Å². The van der Waals surface area contributed by atoms with Gasteiger partial charge in [-0.3, -0.25) is 0 Å². The molecule has 2 rings (SSSR count). The van der Waals surface area contributed by atoms with Crippen LogP contribution in [0.1, 0.15) is 26.3 Å². The smallest absolute Gasteiger partial charge is 0.428 e. The molecule has 1 aliphatic heterocycles. The first-order chi connectivity index (χ1) is 12.0. The van der Waals surface area contributed by atoms with Crippen LogP contribution < -0.4 is 4.74 Å². The minimum Gasteiger partial charge on any atom is -0.493 e. The number of methoxy groups -OCH3 is 1. The van der Waals surface area contributed by atoms with Crippen molar-refractivity contribution in [2.24, 2.45) is 5.92 Å². The molecule has 26 heavy (non-hydrogen) atoms. The van der Waals surface area contributed by atoms with Gasteiger partial charge in [0.2, 0.25) is 17.2 Å². The van der Waals surface area contributed by atoms with E-state index in [4.69, 9.17) is 14.2 Å². The number of carbonyl (C=O) groups excluding carboxylic acids is 1. The number of halogens is 5. The van der Waals surface area contributed by atoms with Crippen molar-refractivity contribution in [2.75, 3.05) is 13.7 Å². The summed E-state index contributed by atoms with van der Waals surface area (Å²) >= 11 is 0. The SMILES string of the molecule is CCOC(=O)C1=C(c2ccc(F)c(F)c2OC)[C@H](C)[C@](C)(C(F)(F)F)O1. The quantitative estimate of drug-likeness (QED) is 0.579. The van der Waals surface area contributed by atoms with E-state index in [2.05, 4.69) is 0 Å². The van der Waals surface area contributed by atoms with Gasteiger partial charge in [-0.2, -0.15) is 17.6 Å². The minimum absolute atomic E-state index is 0.106. The highest BCUT2D eigenvalue weighted by Gasteiger charge is 2.63. The third-order valence-electron chi connectivity index (χ3n) is 4.39. The fraction of sp³-hybridized carbons (Fsp3) is 0.471. The van der Waals surface area contributed by atoms with Crippen LogP contribution in [0.2, 0.25) is 0 Å². The van der Waals surface area contributed by atoms with Crippen molar-refractivity contribution in [3.05, 3.63) is 35.1 Å². The van der Waals surface area contributed by atoms with Crippen LogP contribution in [0.15, 0.2) is 17.9 Å². The number of benzene rings is 1. The van der Waals surface area contributed by atoms with Crippen molar-refractivity contribution in [3.63, 3.8) is 0 Å². The van der Waals surface area contributed by atoms with E-state index in [1.165, 1.54) is 13.8 Å². The Morgan fingerprint density at radius 1 is 1.31 bits per heavy atom. The minimum atomic E-state index is -4.84. The topological polar surface area (TPSA) is 44.8 Å². The van der Waals surface area contributed by atoms with Crippen molar-refractivity contribution in [1.29, 1.82) is 0 Å². The number of rotatable bonds is 4. The molecule has 0 aromatic heterocycles. The summed E-state index contributed by atoms with van der Waals surface area (Å²) in [6, 6.07) is 1.77. The predicted molar refractivity (Wildman–Crippen MR) is 81.2 cm³/mol. The molecular formula is C17H17F5O4. The van der Waals surface area contributed by atoms with Crippen molar-refractivity contribution in [1.82, 2.24) is 0 Å². The van der Waals surface area contributed by atoms with Crippen molar-refractivity contribution < 1.29 is 41.0 Å². The normalized spacial score (nSPS) is 23.0. The van der Waals surface area contributed by atoms with Gasteiger partial charge in [0.1, 0.15) is 0 Å². The monoisotopic (exact) mass is 380 g/mol. The van der Waals surface area contributed by atoms with E-state index in [0.29, 0.717) is 0 Å². The lowest BCUT2D eigenvalue weighted by Gasteiger charge is -2.32. The Kier molecular flexibility index (Phi) is 5.21. The number of ether oxygens (including phenoxy) is 3. The molecule has 0 saturated carbocycles. The van der Waals surface area contributed by atoms with Gasteiger partial charge in [0.25, 0.3) is 0 Å². The molecule has 0 radical (unpaired) electrons. The Bertz CT molecular complexity index is 756. The van der Waals surface area contributed by atoms with Crippen LogP contribution in [0.5, 0.6) is 5.75 Å². The molecule has 0 N–H and O–H groups in total. The van der Waals surface area contributed by atoms with E-state index >= 15 is 0 Å². The largest absolute Gasteiger partial charge is 0.493 e. The number of esters is 1. The molecule has 0 amide bonds. The maximum absolute atomic E-state index is 14.0. The molecule has 0 bridgehead atoms. The van der Waals surface area contributed by atoms with Gasteiger partial charge in [0.15, 0.2) is 11.6 Å². The Morgan fingerprint density at radius 3 is 2.42 bits per heavy atom. The molecule has 9 heteroatoms. The van der Waals surface area contributed by atoms with Crippen LogP contribution >= 0.6 is 0 Å². The predicted octanol–water partition coefficient (Wildman–Crippen LogP) is 4.23. The molecule has 0 spiro atoms. The molecular weight excluding hydrogens is 363 g/mol. The number of hydrogen-bond acceptors (Lipinski definition) is 4. The fourth-order valence-electron chi connectivity index (χ4n) is 2.78. The zero-order valence-corrected chi connectivity index (χ0v) is 14.5. The summed E-state index contributed by atoms with van der Waals surface area (Å²) in [6.07, 6.45) is -4.84. The Hall–Kier alpha value is -2.32. The van der Waals surface area contributed by atoms with Crippen LogP contribution in [0.4, 0.5) is 22.0 Å². The molecule has 1 aromatic rings. The van der Waals surface area contributed by atoms with E-state index < -0.39 is 46.8 Å². The van der Waals surface area contributed by atoms with E-state index in [9.17, 15) is 26.7 Å². The van der Waals surface area contributed by atoms with Crippen LogP contribution in [0, 0.1) is 17.6 Å². The van der Waals surface area contributed by atoms with Gasteiger partial charge >= 0.3 is 12.1 Å². The molecule has 0 aliphatic carbocycles. The summed E-state index contributed by atoms with van der Waals surface area (Å²) in [5.41, 5.74) is -3.23. The van der Waals surface area contributed by atoms with Crippen molar-refractivity contribution >= 4 is 11.5 Å². The molecule has 4 nitrogen and oxygen atoms in total. The highest BCUT2D eigenvalue weighted by Crippen LogP contribution is 2.53. The highest BCUT2D eigenvalue weighted by molar-refractivity contribution is 5.98. The zero-order valence-electron chi connectivity index (χ0n) is 14.5. The van der Waals surface area contributed by atoms with Crippen LogP contribution in [-0.2, 0) is 14.3 Å². The standard InChI is InChI=1S/C17H17F5O4/c1-5-25-15(23)14-11(8(2)16(3,26-14)17(20,21)22)9-6-7-10(18)12(19)13(9)24-4/h6-8H,5H2,1-4H3/t8-,16+/m0/s1. The molecule has 1 aliphatic rings. The van der Waals surface area contributed by atoms with Gasteiger partial charge in [-0.05, 0) is 26.0 Å². The van der Waals surface area contributed by atoms with E-state index in [-0.39, 0.29) is 17.7 Å². The number of hydrogen-bond donors (Lipinski definition) is 0. The molecule has 1 heterocycles. The molecule has 2 atom stereocenters. The summed E-state index contributed by atoms with van der Waals surface area (Å²) in [5, 5.41) is 0. The first kappa shape index (κ1) is 20.0. The summed E-state index contributed by atoms with van der Waals surface area (Å²) in [4.78, 5) is 12.2. The van der Waals surface area contributed by atoms with E-state index in [0.717, 1.165) is 26.2 Å². The second kappa shape index (κ2) is 6.77. The summed E-state index contributed by atoms with van der Waals surface area (Å²) in [6.45, 7) is 3.31. The maximum atomic E-state index is 14.0. The second-order valence-electron chi connectivity index (χ2n) is 5.83. The van der Waals surface area contributed by atoms with Gasteiger partial charge in [0.05, 0.1) is 13.7 Å². The average molecular weight is 380 g/mol. The Balaban J connectivity index is 2.73. The lowest BCUT2D eigenvalue weighted by Crippen LogP contribution is -2.47. The van der Waals surface area contributed by atoms with Crippen LogP contribution in [0.25, 0.3) is 5.57 Å². The first-order valence-electron chi connectivity index (χ1n) is 7.68. The summed E-state index contributed by atoms with van der Waals surface area (Å²) in [7, 11) is 1.04. The molecule has 0 unspecified atom stereocenters. The van der Waals surface area contributed by atoms with Gasteiger partial charge < -0.3 is 14.2 Å². The zero-order chi connectivity index (χ0) is 19.9. The van der Waals surface area contributed by atoms with Gasteiger partial charge in [-0.25, -0.2) is 9.18 Å². The lowest BCUT2D eigenvalue weighted by atomic mass is 9.82. The van der Waals surface area contributed by atoms with Crippen LogP contribution in [-0.4, -0.2) is 31.5 Å². The fourth-order valence-corrected chi connectivity index (χ4v) is 2.78. The third-order valence-corrected chi connectivity index (χ3v) is 4.39. The second-order valence-corrected chi connectivity index (χ2v) is 5.83. The van der Waals surface area contributed by atoms with Gasteiger partial charge in [-0.1, -0.05) is 6.92 Å². The Morgan fingerprint density at radius 2 is 1.92 bits per heavy atom. The van der Waals surface area contributed by atoms with E-state index in [1.54, 1.807) is 0 Å². The maximum Gasteiger partial charge on any atom is 0.428 e. The molecule has 0 fully saturated rings. The molecule has 1 aromatic carbocycles. The number of alkyl halides is 3. The summed E-state index contributed by atoms with van der Waals surface area (Å²) < 4.78 is 82.8.